The number of nitrogens with zero attached hydrogens (tertiary/aromatic N) is 1. The van der Waals surface area contributed by atoms with Crippen LogP contribution in [0.2, 0.25) is 0 Å². The summed E-state index contributed by atoms with van der Waals surface area (Å²) in [6.45, 7) is 2.33. The summed E-state index contributed by atoms with van der Waals surface area (Å²) < 4.78 is 59.6. The second-order valence-electron chi connectivity index (χ2n) is 7.12. The molecule has 9 nitrogen and oxygen atoms in total. The Kier molecular flexibility index (Phi) is 6.99. The number of amides is 1. The number of benzene rings is 2. The molecule has 1 saturated heterocycles. The van der Waals surface area contributed by atoms with Gasteiger partial charge in [0.05, 0.1) is 22.6 Å². The molecule has 0 saturated carbocycles. The van der Waals surface area contributed by atoms with Crippen molar-refractivity contribution in [1.82, 2.24) is 9.03 Å². The second kappa shape index (κ2) is 9.35. The van der Waals surface area contributed by atoms with Crippen LogP contribution >= 0.6 is 0 Å². The standard InChI is InChI=1S/C20H25N3O6S2/c1-15(24)22-19-13-18(9-10-20(19)29-2)30(25,26)21-14-16-5-7-17(8-6-16)31(27,28)23-11-3-4-12-23/h5-10,13,21H,3-4,11-12,14H2,1-2H3,(H,22,24). The van der Waals surface area contributed by atoms with E-state index in [1.165, 1.54) is 48.7 Å². The topological polar surface area (TPSA) is 122 Å². The minimum atomic E-state index is -3.88. The summed E-state index contributed by atoms with van der Waals surface area (Å²) in [7, 11) is -5.97. The fraction of sp³-hybridized carbons (Fsp3) is 0.350. The van der Waals surface area contributed by atoms with Gasteiger partial charge in [0.2, 0.25) is 26.0 Å². The molecule has 1 heterocycles. The van der Waals surface area contributed by atoms with E-state index in [0.717, 1.165) is 12.8 Å². The summed E-state index contributed by atoms with van der Waals surface area (Å²) >= 11 is 0. The maximum Gasteiger partial charge on any atom is 0.243 e. The first-order chi connectivity index (χ1) is 14.6. The van der Waals surface area contributed by atoms with Gasteiger partial charge in [0.25, 0.3) is 0 Å². The van der Waals surface area contributed by atoms with Gasteiger partial charge in [-0.3, -0.25) is 4.79 Å². The maximum absolute atomic E-state index is 12.7. The Morgan fingerprint density at radius 3 is 2.19 bits per heavy atom. The average molecular weight is 468 g/mol. The summed E-state index contributed by atoms with van der Waals surface area (Å²) in [5.41, 5.74) is 0.855. The lowest BCUT2D eigenvalue weighted by Crippen LogP contribution is -2.28. The van der Waals surface area contributed by atoms with Gasteiger partial charge in [0.1, 0.15) is 5.75 Å². The third-order valence-corrected chi connectivity index (χ3v) is 8.20. The first-order valence-corrected chi connectivity index (χ1v) is 12.6. The Bertz CT molecular complexity index is 1160. The smallest absolute Gasteiger partial charge is 0.243 e. The van der Waals surface area contributed by atoms with Crippen LogP contribution in [0, 0.1) is 0 Å². The van der Waals surface area contributed by atoms with Gasteiger partial charge in [0.15, 0.2) is 0 Å². The monoisotopic (exact) mass is 467 g/mol. The van der Waals surface area contributed by atoms with Crippen molar-refractivity contribution in [2.24, 2.45) is 0 Å². The summed E-state index contributed by atoms with van der Waals surface area (Å²) in [6.07, 6.45) is 1.71. The van der Waals surface area contributed by atoms with E-state index in [1.807, 2.05) is 0 Å². The summed E-state index contributed by atoms with van der Waals surface area (Å²) in [6, 6.07) is 10.3. The molecule has 2 aromatic rings. The van der Waals surface area contributed by atoms with Crippen LogP contribution < -0.4 is 14.8 Å². The average Bonchev–Trinajstić information content (AvgIpc) is 3.28. The van der Waals surface area contributed by atoms with Crippen LogP contribution in [0.25, 0.3) is 0 Å². The number of nitrogens with one attached hydrogen (secondary N) is 2. The molecule has 0 unspecified atom stereocenters. The number of hydrogen-bond donors (Lipinski definition) is 2. The lowest BCUT2D eigenvalue weighted by molar-refractivity contribution is -0.114. The molecule has 0 radical (unpaired) electrons. The van der Waals surface area contributed by atoms with E-state index in [-0.39, 0.29) is 27.9 Å². The molecular formula is C20H25N3O6S2. The number of anilines is 1. The molecule has 3 rings (SSSR count). The van der Waals surface area contributed by atoms with Gasteiger partial charge in [-0.15, -0.1) is 0 Å². The SMILES string of the molecule is COc1ccc(S(=O)(=O)NCc2ccc(S(=O)(=O)N3CCCC3)cc2)cc1NC(C)=O. The van der Waals surface area contributed by atoms with E-state index in [1.54, 1.807) is 12.1 Å². The number of hydrogen-bond acceptors (Lipinski definition) is 6. The third-order valence-electron chi connectivity index (χ3n) is 4.88. The van der Waals surface area contributed by atoms with E-state index < -0.39 is 20.0 Å². The van der Waals surface area contributed by atoms with Crippen molar-refractivity contribution >= 4 is 31.6 Å². The van der Waals surface area contributed by atoms with Gasteiger partial charge >= 0.3 is 0 Å². The lowest BCUT2D eigenvalue weighted by Gasteiger charge is -2.15. The number of ether oxygens (including phenoxy) is 1. The van der Waals surface area contributed by atoms with Gasteiger partial charge in [0, 0.05) is 26.6 Å². The molecule has 2 aromatic carbocycles. The predicted octanol–water partition coefficient (Wildman–Crippen LogP) is 1.92. The molecular weight excluding hydrogens is 442 g/mol. The summed E-state index contributed by atoms with van der Waals surface area (Å²) in [5, 5.41) is 2.54. The van der Waals surface area contributed by atoms with Crippen molar-refractivity contribution in [2.75, 3.05) is 25.5 Å². The van der Waals surface area contributed by atoms with E-state index in [2.05, 4.69) is 10.0 Å². The molecule has 1 aliphatic rings. The molecule has 1 aliphatic heterocycles. The Morgan fingerprint density at radius 1 is 1.00 bits per heavy atom. The Morgan fingerprint density at radius 2 is 1.61 bits per heavy atom. The minimum absolute atomic E-state index is 0.0200. The number of carbonyl (C=O) groups is 1. The first-order valence-electron chi connectivity index (χ1n) is 9.68. The Hall–Kier alpha value is -2.47. The van der Waals surface area contributed by atoms with Gasteiger partial charge < -0.3 is 10.1 Å². The molecule has 0 atom stereocenters. The van der Waals surface area contributed by atoms with E-state index in [9.17, 15) is 21.6 Å². The van der Waals surface area contributed by atoms with Gasteiger partial charge in [-0.2, -0.15) is 4.31 Å². The molecule has 0 bridgehead atoms. The lowest BCUT2D eigenvalue weighted by atomic mass is 10.2. The number of carbonyl (C=O) groups excluding carboxylic acids is 1. The number of rotatable bonds is 8. The van der Waals surface area contributed by atoms with E-state index in [4.69, 9.17) is 4.74 Å². The largest absolute Gasteiger partial charge is 0.495 e. The highest BCUT2D eigenvalue weighted by Crippen LogP contribution is 2.27. The highest BCUT2D eigenvalue weighted by molar-refractivity contribution is 7.89. The molecule has 168 valence electrons. The number of methoxy groups -OCH3 is 1. The molecule has 0 spiro atoms. The van der Waals surface area contributed by atoms with Crippen LogP contribution in [-0.4, -0.2) is 47.2 Å². The van der Waals surface area contributed by atoms with Crippen molar-refractivity contribution in [3.63, 3.8) is 0 Å². The maximum atomic E-state index is 12.7. The second-order valence-corrected chi connectivity index (χ2v) is 10.8. The van der Waals surface area contributed by atoms with Crippen molar-refractivity contribution in [1.29, 1.82) is 0 Å². The van der Waals surface area contributed by atoms with Crippen molar-refractivity contribution in [2.45, 2.75) is 36.1 Å². The summed E-state index contributed by atoms with van der Waals surface area (Å²) in [4.78, 5) is 11.5. The molecule has 1 fully saturated rings. The van der Waals surface area contributed by atoms with Crippen molar-refractivity contribution in [3.05, 3.63) is 48.0 Å². The third kappa shape index (κ3) is 5.42. The zero-order valence-corrected chi connectivity index (χ0v) is 18.9. The van der Waals surface area contributed by atoms with Gasteiger partial charge in [-0.25, -0.2) is 21.6 Å². The van der Waals surface area contributed by atoms with Gasteiger partial charge in [-0.1, -0.05) is 12.1 Å². The van der Waals surface area contributed by atoms with Crippen molar-refractivity contribution in [3.8, 4) is 5.75 Å². The van der Waals surface area contributed by atoms with Crippen LogP contribution in [0.15, 0.2) is 52.3 Å². The fourth-order valence-electron chi connectivity index (χ4n) is 3.26. The van der Waals surface area contributed by atoms with Crippen LogP contribution in [0.3, 0.4) is 0 Å². The van der Waals surface area contributed by atoms with Crippen LogP contribution in [0.4, 0.5) is 5.69 Å². The first kappa shape index (κ1) is 23.2. The molecule has 1 amide bonds. The predicted molar refractivity (Wildman–Crippen MR) is 116 cm³/mol. The highest BCUT2D eigenvalue weighted by Gasteiger charge is 2.27. The quantitative estimate of drug-likeness (QED) is 0.612. The fourth-order valence-corrected chi connectivity index (χ4v) is 5.82. The minimum Gasteiger partial charge on any atom is -0.495 e. The molecule has 0 aromatic heterocycles. The van der Waals surface area contributed by atoms with E-state index >= 15 is 0 Å². The molecule has 11 heteroatoms. The molecule has 0 aliphatic carbocycles. The summed E-state index contributed by atoms with van der Waals surface area (Å²) in [5.74, 6) is -0.0197. The van der Waals surface area contributed by atoms with Crippen LogP contribution in [0.1, 0.15) is 25.3 Å². The van der Waals surface area contributed by atoms with Gasteiger partial charge in [-0.05, 0) is 48.7 Å². The molecule has 2 N–H and O–H groups in total. The zero-order valence-electron chi connectivity index (χ0n) is 17.3. The highest BCUT2D eigenvalue weighted by atomic mass is 32.2. The Labute approximate surface area is 182 Å². The van der Waals surface area contributed by atoms with Crippen LogP contribution in [-0.2, 0) is 31.4 Å². The van der Waals surface area contributed by atoms with E-state index in [0.29, 0.717) is 24.4 Å². The normalized spacial score (nSPS) is 15.0. The zero-order chi connectivity index (χ0) is 22.6. The van der Waals surface area contributed by atoms with Crippen LogP contribution in [0.5, 0.6) is 5.75 Å². The molecule has 31 heavy (non-hydrogen) atoms. The van der Waals surface area contributed by atoms with Crippen molar-refractivity contribution < 1.29 is 26.4 Å². The Balaban J connectivity index is 1.72. The number of sulfonamides is 2.